The van der Waals surface area contributed by atoms with E-state index in [2.05, 4.69) is 32.2 Å². The first-order chi connectivity index (χ1) is 13.1. The minimum absolute atomic E-state index is 0.275. The smallest absolute Gasteiger partial charge is 0.289 e. The van der Waals surface area contributed by atoms with Gasteiger partial charge < -0.3 is 9.80 Å². The van der Waals surface area contributed by atoms with Crippen molar-refractivity contribution in [1.29, 1.82) is 0 Å². The first-order valence-corrected chi connectivity index (χ1v) is 9.11. The molecule has 0 unspecified atom stereocenters. The summed E-state index contributed by atoms with van der Waals surface area (Å²) >= 11 is 0. The van der Waals surface area contributed by atoms with Gasteiger partial charge in [-0.1, -0.05) is 19.1 Å². The third kappa shape index (κ3) is 4.68. The number of hydrazone groups is 1. The van der Waals surface area contributed by atoms with Gasteiger partial charge in [0, 0.05) is 37.9 Å². The van der Waals surface area contributed by atoms with Gasteiger partial charge in [0.2, 0.25) is 0 Å². The molecular weight excluding hydrogens is 345 g/mol. The molecule has 1 fully saturated rings. The summed E-state index contributed by atoms with van der Waals surface area (Å²) in [6.45, 7) is 8.41. The Balaban J connectivity index is 1.66. The molecule has 0 bridgehead atoms. The molecule has 0 saturated carbocycles. The van der Waals surface area contributed by atoms with E-state index < -0.39 is 5.91 Å². The lowest BCUT2D eigenvalue weighted by molar-refractivity contribution is 0.0950. The Labute approximate surface area is 158 Å². The number of hydrogen-bond donors (Lipinski definition) is 1. The van der Waals surface area contributed by atoms with Crippen molar-refractivity contribution < 1.29 is 9.18 Å². The molecule has 2 aromatic rings. The molecular formula is C20H24FN5O. The Morgan fingerprint density at radius 2 is 2.00 bits per heavy atom. The summed E-state index contributed by atoms with van der Waals surface area (Å²) in [4.78, 5) is 20.4. The van der Waals surface area contributed by atoms with Crippen molar-refractivity contribution in [2.45, 2.75) is 13.8 Å². The van der Waals surface area contributed by atoms with Gasteiger partial charge in [-0.2, -0.15) is 5.10 Å². The highest BCUT2D eigenvalue weighted by molar-refractivity contribution is 6.00. The minimum atomic E-state index is -0.402. The molecule has 142 valence electrons. The quantitative estimate of drug-likeness (QED) is 0.650. The second-order valence-corrected chi connectivity index (χ2v) is 6.44. The van der Waals surface area contributed by atoms with E-state index in [1.54, 1.807) is 37.4 Å². The Morgan fingerprint density at radius 3 is 2.63 bits per heavy atom. The van der Waals surface area contributed by atoms with Gasteiger partial charge in [-0.15, -0.1) is 0 Å². The Morgan fingerprint density at radius 1 is 1.22 bits per heavy atom. The number of nitrogens with one attached hydrogen (secondary N) is 1. The second-order valence-electron chi connectivity index (χ2n) is 6.44. The number of aromatic nitrogens is 1. The molecule has 1 amide bonds. The van der Waals surface area contributed by atoms with Crippen LogP contribution in [0.15, 0.2) is 47.7 Å². The fraction of sp³-hybridized carbons (Fsp3) is 0.350. The van der Waals surface area contributed by atoms with Crippen LogP contribution in [0.1, 0.15) is 29.9 Å². The number of carbonyl (C=O) groups is 1. The lowest BCUT2D eigenvalue weighted by Gasteiger charge is -2.35. The molecule has 0 spiro atoms. The van der Waals surface area contributed by atoms with Crippen LogP contribution in [0.2, 0.25) is 0 Å². The molecule has 1 N–H and O–H groups in total. The fourth-order valence-corrected chi connectivity index (χ4v) is 3.05. The van der Waals surface area contributed by atoms with Crippen LogP contribution in [0, 0.1) is 5.82 Å². The molecule has 1 aromatic carbocycles. The lowest BCUT2D eigenvalue weighted by atomic mass is 10.1. The van der Waals surface area contributed by atoms with Crippen molar-refractivity contribution >= 4 is 17.3 Å². The molecule has 27 heavy (non-hydrogen) atoms. The Bertz CT molecular complexity index is 816. The van der Waals surface area contributed by atoms with Gasteiger partial charge in [-0.05, 0) is 37.7 Å². The topological polar surface area (TPSA) is 60.8 Å². The third-order valence-corrected chi connectivity index (χ3v) is 4.75. The number of piperazine rings is 1. The van der Waals surface area contributed by atoms with E-state index in [0.717, 1.165) is 32.7 Å². The van der Waals surface area contributed by atoms with Crippen molar-refractivity contribution in [3.05, 3.63) is 59.7 Å². The first kappa shape index (κ1) is 19.0. The van der Waals surface area contributed by atoms with Crippen molar-refractivity contribution in [3.63, 3.8) is 0 Å². The number of likely N-dealkylation sites (N-methyl/N-ethyl adjacent to an activating group) is 1. The van der Waals surface area contributed by atoms with Gasteiger partial charge in [0.05, 0.1) is 11.4 Å². The average Bonchev–Trinajstić information content (AvgIpc) is 2.72. The number of rotatable bonds is 5. The van der Waals surface area contributed by atoms with Crippen LogP contribution in [0.3, 0.4) is 0 Å². The second kappa shape index (κ2) is 8.73. The SMILES string of the molecule is CCN1CCN(c2ccc(/C(C)=N\NC(=O)c3ccccn3)cc2F)CC1. The molecule has 1 aromatic heterocycles. The van der Waals surface area contributed by atoms with E-state index in [9.17, 15) is 9.18 Å². The van der Waals surface area contributed by atoms with Gasteiger partial charge in [0.25, 0.3) is 5.91 Å². The van der Waals surface area contributed by atoms with Crippen LogP contribution in [-0.4, -0.2) is 54.2 Å². The average molecular weight is 369 g/mol. The summed E-state index contributed by atoms with van der Waals surface area (Å²) < 4.78 is 14.6. The van der Waals surface area contributed by atoms with Crippen molar-refractivity contribution in [2.24, 2.45) is 5.10 Å². The standard InChI is InChI=1S/C20H24FN5O/c1-3-25-10-12-26(13-11-25)19-8-7-16(14-17(19)21)15(2)23-24-20(27)18-6-4-5-9-22-18/h4-9,14H,3,10-13H2,1-2H3,(H,24,27)/b23-15-. The van der Waals surface area contributed by atoms with E-state index in [1.165, 1.54) is 6.07 Å². The highest BCUT2D eigenvalue weighted by Gasteiger charge is 2.19. The van der Waals surface area contributed by atoms with E-state index in [1.807, 2.05) is 6.07 Å². The van der Waals surface area contributed by atoms with Crippen LogP contribution in [0.5, 0.6) is 0 Å². The van der Waals surface area contributed by atoms with Crippen LogP contribution in [0.4, 0.5) is 10.1 Å². The highest BCUT2D eigenvalue weighted by Crippen LogP contribution is 2.22. The summed E-state index contributed by atoms with van der Waals surface area (Å²) in [7, 11) is 0. The largest absolute Gasteiger partial charge is 0.367 e. The summed E-state index contributed by atoms with van der Waals surface area (Å²) in [5.41, 5.74) is 4.50. The molecule has 7 heteroatoms. The predicted octanol–water partition coefficient (Wildman–Crippen LogP) is 2.52. The van der Waals surface area contributed by atoms with Crippen LogP contribution >= 0.6 is 0 Å². The lowest BCUT2D eigenvalue weighted by Crippen LogP contribution is -2.46. The molecule has 1 saturated heterocycles. The molecule has 2 heterocycles. The number of pyridine rings is 1. The van der Waals surface area contributed by atoms with Gasteiger partial charge in [-0.25, -0.2) is 9.82 Å². The Hall–Kier alpha value is -2.80. The zero-order valence-corrected chi connectivity index (χ0v) is 15.7. The number of nitrogens with zero attached hydrogens (tertiary/aromatic N) is 4. The monoisotopic (exact) mass is 369 g/mol. The number of carbonyl (C=O) groups excluding carboxylic acids is 1. The van der Waals surface area contributed by atoms with Gasteiger partial charge in [0.1, 0.15) is 11.5 Å². The molecule has 6 nitrogen and oxygen atoms in total. The van der Waals surface area contributed by atoms with Crippen molar-refractivity contribution in [3.8, 4) is 0 Å². The maximum absolute atomic E-state index is 14.6. The number of amides is 1. The van der Waals surface area contributed by atoms with Crippen LogP contribution in [0.25, 0.3) is 0 Å². The van der Waals surface area contributed by atoms with Crippen molar-refractivity contribution in [2.75, 3.05) is 37.6 Å². The normalized spacial score (nSPS) is 15.7. The fourth-order valence-electron chi connectivity index (χ4n) is 3.05. The summed E-state index contributed by atoms with van der Waals surface area (Å²) in [5.74, 6) is -0.677. The van der Waals surface area contributed by atoms with E-state index >= 15 is 0 Å². The predicted molar refractivity (Wildman–Crippen MR) is 105 cm³/mol. The molecule has 0 aliphatic carbocycles. The molecule has 1 aliphatic heterocycles. The number of halogens is 1. The molecule has 3 rings (SSSR count). The zero-order valence-electron chi connectivity index (χ0n) is 15.7. The van der Waals surface area contributed by atoms with E-state index in [0.29, 0.717) is 17.0 Å². The van der Waals surface area contributed by atoms with Gasteiger partial charge >= 0.3 is 0 Å². The zero-order chi connectivity index (χ0) is 19.2. The molecule has 0 atom stereocenters. The third-order valence-electron chi connectivity index (χ3n) is 4.75. The number of benzene rings is 1. The molecule has 0 radical (unpaired) electrons. The van der Waals surface area contributed by atoms with Gasteiger partial charge in [0.15, 0.2) is 0 Å². The first-order valence-electron chi connectivity index (χ1n) is 9.11. The van der Waals surface area contributed by atoms with Gasteiger partial charge in [-0.3, -0.25) is 9.78 Å². The number of anilines is 1. The summed E-state index contributed by atoms with van der Waals surface area (Å²) in [6.07, 6.45) is 1.54. The maximum atomic E-state index is 14.6. The highest BCUT2D eigenvalue weighted by atomic mass is 19.1. The van der Waals surface area contributed by atoms with Crippen molar-refractivity contribution in [1.82, 2.24) is 15.3 Å². The Kier molecular flexibility index (Phi) is 6.13. The summed E-state index contributed by atoms with van der Waals surface area (Å²) in [6, 6.07) is 10.1. The van der Waals surface area contributed by atoms with Crippen LogP contribution < -0.4 is 10.3 Å². The molecule has 1 aliphatic rings. The minimum Gasteiger partial charge on any atom is -0.367 e. The van der Waals surface area contributed by atoms with E-state index in [4.69, 9.17) is 0 Å². The summed E-state index contributed by atoms with van der Waals surface area (Å²) in [5, 5.41) is 4.07. The van der Waals surface area contributed by atoms with E-state index in [-0.39, 0.29) is 11.5 Å². The number of hydrogen-bond acceptors (Lipinski definition) is 5. The van der Waals surface area contributed by atoms with Crippen LogP contribution in [-0.2, 0) is 0 Å². The maximum Gasteiger partial charge on any atom is 0.289 e.